The molecule has 0 saturated carbocycles. The Balaban J connectivity index is 2.54. The molecule has 1 rings (SSSR count). The van der Waals surface area contributed by atoms with Crippen molar-refractivity contribution < 1.29 is 4.74 Å². The van der Waals surface area contributed by atoms with E-state index in [1.165, 1.54) is 0 Å². The van der Waals surface area contributed by atoms with Crippen LogP contribution in [0.1, 0.15) is 5.56 Å². The lowest BCUT2D eigenvalue weighted by atomic mass is 10.3. The molecule has 0 unspecified atom stereocenters. The van der Waals surface area contributed by atoms with Crippen LogP contribution in [0.2, 0.25) is 5.02 Å². The molecule has 1 heterocycles. The quantitative estimate of drug-likeness (QED) is 0.820. The molecule has 0 atom stereocenters. The van der Waals surface area contributed by atoms with Crippen LogP contribution in [0.4, 0.5) is 0 Å². The van der Waals surface area contributed by atoms with Gasteiger partial charge in [0.2, 0.25) is 5.88 Å². The first-order chi connectivity index (χ1) is 7.63. The Labute approximate surface area is 102 Å². The summed E-state index contributed by atoms with van der Waals surface area (Å²) in [5, 5.41) is 3.60. The van der Waals surface area contributed by atoms with Crippen LogP contribution in [-0.2, 0) is 6.54 Å². The number of nitrogens with one attached hydrogen (secondary N) is 1. The SMILES string of the molecule is CNCc1cnc(OCCN(C)C)c(Cl)c1. The predicted octanol–water partition coefficient (Wildman–Crippen LogP) is 1.39. The van der Waals surface area contributed by atoms with Crippen LogP contribution in [0, 0.1) is 0 Å². The fourth-order valence-electron chi connectivity index (χ4n) is 1.20. The molecule has 0 aliphatic carbocycles. The molecule has 0 saturated heterocycles. The number of likely N-dealkylation sites (N-methyl/N-ethyl adjacent to an activating group) is 1. The summed E-state index contributed by atoms with van der Waals surface area (Å²) < 4.78 is 5.48. The molecule has 0 aromatic carbocycles. The van der Waals surface area contributed by atoms with Crippen molar-refractivity contribution in [3.63, 3.8) is 0 Å². The highest BCUT2D eigenvalue weighted by atomic mass is 35.5. The minimum Gasteiger partial charge on any atom is -0.475 e. The van der Waals surface area contributed by atoms with E-state index in [1.54, 1.807) is 6.20 Å². The number of halogens is 1. The zero-order valence-electron chi connectivity index (χ0n) is 9.96. The Hall–Kier alpha value is -0.840. The Morgan fingerprint density at radius 2 is 2.25 bits per heavy atom. The van der Waals surface area contributed by atoms with Crippen LogP contribution < -0.4 is 10.1 Å². The molecule has 16 heavy (non-hydrogen) atoms. The first-order valence-corrected chi connectivity index (χ1v) is 5.58. The molecule has 0 amide bonds. The summed E-state index contributed by atoms with van der Waals surface area (Å²) >= 11 is 6.05. The molecule has 1 N–H and O–H groups in total. The fourth-order valence-corrected chi connectivity index (χ4v) is 1.44. The molecule has 0 spiro atoms. The minimum atomic E-state index is 0.503. The summed E-state index contributed by atoms with van der Waals surface area (Å²) in [6.07, 6.45) is 1.77. The van der Waals surface area contributed by atoms with Gasteiger partial charge in [0, 0.05) is 19.3 Å². The summed E-state index contributed by atoms with van der Waals surface area (Å²) in [7, 11) is 5.87. The standard InChI is InChI=1S/C11H18ClN3O/c1-13-7-9-6-10(12)11(14-8-9)16-5-4-15(2)3/h6,8,13H,4-5,7H2,1-3H3. The second-order valence-electron chi connectivity index (χ2n) is 3.81. The third-order valence-electron chi connectivity index (χ3n) is 2.02. The van der Waals surface area contributed by atoms with E-state index in [0.717, 1.165) is 18.7 Å². The Morgan fingerprint density at radius 3 is 2.81 bits per heavy atom. The van der Waals surface area contributed by atoms with Gasteiger partial charge < -0.3 is 15.0 Å². The molecule has 1 aromatic rings. The van der Waals surface area contributed by atoms with E-state index >= 15 is 0 Å². The number of hydrogen-bond donors (Lipinski definition) is 1. The highest BCUT2D eigenvalue weighted by molar-refractivity contribution is 6.31. The van der Waals surface area contributed by atoms with E-state index in [9.17, 15) is 0 Å². The van der Waals surface area contributed by atoms with Crippen molar-refractivity contribution >= 4 is 11.6 Å². The maximum atomic E-state index is 6.05. The number of nitrogens with zero attached hydrogens (tertiary/aromatic N) is 2. The normalized spacial score (nSPS) is 10.8. The van der Waals surface area contributed by atoms with E-state index in [4.69, 9.17) is 16.3 Å². The van der Waals surface area contributed by atoms with Crippen molar-refractivity contribution in [2.45, 2.75) is 6.54 Å². The second kappa shape index (κ2) is 6.68. The Bertz CT molecular complexity index is 331. The van der Waals surface area contributed by atoms with E-state index in [0.29, 0.717) is 17.5 Å². The van der Waals surface area contributed by atoms with E-state index in [-0.39, 0.29) is 0 Å². The van der Waals surface area contributed by atoms with Crippen LogP contribution in [-0.4, -0.2) is 44.2 Å². The van der Waals surface area contributed by atoms with Crippen molar-refractivity contribution in [3.05, 3.63) is 22.8 Å². The van der Waals surface area contributed by atoms with Crippen molar-refractivity contribution in [1.29, 1.82) is 0 Å². The molecule has 0 fully saturated rings. The van der Waals surface area contributed by atoms with E-state index in [1.807, 2.05) is 32.1 Å². The van der Waals surface area contributed by atoms with Gasteiger partial charge in [0.05, 0.1) is 0 Å². The molecule has 0 aliphatic rings. The van der Waals surface area contributed by atoms with Gasteiger partial charge in [0.1, 0.15) is 11.6 Å². The highest BCUT2D eigenvalue weighted by Gasteiger charge is 2.04. The molecule has 0 radical (unpaired) electrons. The summed E-state index contributed by atoms with van der Waals surface area (Å²) in [6.45, 7) is 2.19. The van der Waals surface area contributed by atoms with Crippen molar-refractivity contribution in [2.75, 3.05) is 34.3 Å². The number of aromatic nitrogens is 1. The van der Waals surface area contributed by atoms with E-state index in [2.05, 4.69) is 10.3 Å². The van der Waals surface area contributed by atoms with Crippen molar-refractivity contribution in [2.24, 2.45) is 0 Å². The van der Waals surface area contributed by atoms with Crippen LogP contribution >= 0.6 is 11.6 Å². The third-order valence-corrected chi connectivity index (χ3v) is 2.29. The van der Waals surface area contributed by atoms with Gasteiger partial charge in [-0.3, -0.25) is 0 Å². The lowest BCUT2D eigenvalue weighted by Crippen LogP contribution is -2.19. The highest BCUT2D eigenvalue weighted by Crippen LogP contribution is 2.22. The average molecular weight is 244 g/mol. The number of pyridine rings is 1. The van der Waals surface area contributed by atoms with Gasteiger partial charge >= 0.3 is 0 Å². The lowest BCUT2D eigenvalue weighted by Gasteiger charge is -2.11. The summed E-state index contributed by atoms with van der Waals surface area (Å²) in [4.78, 5) is 6.23. The molecule has 1 aromatic heterocycles. The van der Waals surface area contributed by atoms with Gasteiger partial charge in [-0.2, -0.15) is 0 Å². The Morgan fingerprint density at radius 1 is 1.50 bits per heavy atom. The van der Waals surface area contributed by atoms with Crippen molar-refractivity contribution in [3.8, 4) is 5.88 Å². The Kier molecular flexibility index (Phi) is 5.52. The smallest absolute Gasteiger partial charge is 0.232 e. The number of rotatable bonds is 6. The lowest BCUT2D eigenvalue weighted by molar-refractivity contribution is 0.254. The molecular weight excluding hydrogens is 226 g/mol. The summed E-state index contributed by atoms with van der Waals surface area (Å²) in [5.74, 6) is 0.503. The third kappa shape index (κ3) is 4.35. The van der Waals surface area contributed by atoms with Crippen LogP contribution in [0.25, 0.3) is 0 Å². The topological polar surface area (TPSA) is 37.4 Å². The predicted molar refractivity (Wildman–Crippen MR) is 66.1 cm³/mol. The van der Waals surface area contributed by atoms with Gasteiger partial charge in [-0.1, -0.05) is 11.6 Å². The first kappa shape index (κ1) is 13.2. The average Bonchev–Trinajstić information content (AvgIpc) is 2.21. The van der Waals surface area contributed by atoms with Crippen molar-refractivity contribution in [1.82, 2.24) is 15.2 Å². The second-order valence-corrected chi connectivity index (χ2v) is 4.22. The van der Waals surface area contributed by atoms with Gasteiger partial charge in [-0.15, -0.1) is 0 Å². The number of ether oxygens (including phenoxy) is 1. The van der Waals surface area contributed by atoms with Gasteiger partial charge in [-0.25, -0.2) is 4.98 Å². The largest absolute Gasteiger partial charge is 0.475 e. The molecular formula is C11H18ClN3O. The van der Waals surface area contributed by atoms with E-state index < -0.39 is 0 Å². The molecule has 4 nitrogen and oxygen atoms in total. The molecule has 90 valence electrons. The zero-order valence-corrected chi connectivity index (χ0v) is 10.7. The minimum absolute atomic E-state index is 0.503. The maximum Gasteiger partial charge on any atom is 0.232 e. The van der Waals surface area contributed by atoms with Gasteiger partial charge in [0.25, 0.3) is 0 Å². The zero-order chi connectivity index (χ0) is 12.0. The summed E-state index contributed by atoms with van der Waals surface area (Å²) in [6, 6.07) is 1.87. The van der Waals surface area contributed by atoms with Crippen LogP contribution in [0.15, 0.2) is 12.3 Å². The number of hydrogen-bond acceptors (Lipinski definition) is 4. The molecule has 5 heteroatoms. The van der Waals surface area contributed by atoms with Gasteiger partial charge in [-0.05, 0) is 32.8 Å². The fraction of sp³-hybridized carbons (Fsp3) is 0.545. The maximum absolute atomic E-state index is 6.05. The summed E-state index contributed by atoms with van der Waals surface area (Å²) in [5.41, 5.74) is 1.05. The van der Waals surface area contributed by atoms with Gasteiger partial charge in [0.15, 0.2) is 0 Å². The molecule has 0 bridgehead atoms. The van der Waals surface area contributed by atoms with Crippen LogP contribution in [0.5, 0.6) is 5.88 Å². The molecule has 0 aliphatic heterocycles. The first-order valence-electron chi connectivity index (χ1n) is 5.20. The monoisotopic (exact) mass is 243 g/mol. The van der Waals surface area contributed by atoms with Crippen LogP contribution in [0.3, 0.4) is 0 Å².